The van der Waals surface area contributed by atoms with E-state index in [0.717, 1.165) is 23.4 Å². The minimum Gasteiger partial charge on any atom is -0.309 e. The lowest BCUT2D eigenvalue weighted by Crippen LogP contribution is -2.30. The number of hydrogen-bond donors (Lipinski definition) is 1. The number of thiazole rings is 1. The molecule has 0 amide bonds. The first kappa shape index (κ1) is 13.0. The Bertz CT molecular complexity index is 646. The van der Waals surface area contributed by atoms with Crippen molar-refractivity contribution in [3.8, 4) is 0 Å². The third-order valence-electron chi connectivity index (χ3n) is 3.45. The molecule has 6 heteroatoms. The maximum atomic E-state index is 11.7. The molecule has 1 aliphatic rings. The summed E-state index contributed by atoms with van der Waals surface area (Å²) < 4.78 is 24.6. The number of sulfone groups is 1. The van der Waals surface area contributed by atoms with Crippen molar-refractivity contribution in [2.75, 3.05) is 12.3 Å². The van der Waals surface area contributed by atoms with Crippen LogP contribution in [0.25, 0.3) is 10.2 Å². The molecule has 0 aliphatic carbocycles. The van der Waals surface area contributed by atoms with Crippen LogP contribution in [0.4, 0.5) is 0 Å². The number of hydrogen-bond acceptors (Lipinski definition) is 5. The van der Waals surface area contributed by atoms with Crippen molar-refractivity contribution in [2.45, 2.75) is 24.6 Å². The summed E-state index contributed by atoms with van der Waals surface area (Å²) in [5.41, 5.74) is 1.01. The zero-order valence-corrected chi connectivity index (χ0v) is 12.1. The molecule has 0 bridgehead atoms. The van der Waals surface area contributed by atoms with Gasteiger partial charge in [-0.2, -0.15) is 0 Å². The van der Waals surface area contributed by atoms with Gasteiger partial charge in [-0.05, 0) is 25.0 Å². The van der Waals surface area contributed by atoms with Crippen LogP contribution < -0.4 is 5.32 Å². The molecule has 0 radical (unpaired) electrons. The van der Waals surface area contributed by atoms with Crippen LogP contribution in [0.5, 0.6) is 0 Å². The lowest BCUT2D eigenvalue weighted by Gasteiger charge is -2.09. The quantitative estimate of drug-likeness (QED) is 0.937. The van der Waals surface area contributed by atoms with Gasteiger partial charge in [-0.3, -0.25) is 0 Å². The molecule has 2 heterocycles. The number of nitrogens with one attached hydrogen (secondary N) is 1. The Balaban J connectivity index is 1.60. The fraction of sp³-hybridized carbons (Fsp3) is 0.462. The van der Waals surface area contributed by atoms with Crippen LogP contribution in [0.1, 0.15) is 17.8 Å². The third kappa shape index (κ3) is 2.80. The molecule has 3 rings (SSSR count). The molecule has 1 saturated heterocycles. The molecular formula is C13H16N2O2S2. The minimum absolute atomic E-state index is 0.207. The predicted molar refractivity (Wildman–Crippen MR) is 78.1 cm³/mol. The zero-order valence-electron chi connectivity index (χ0n) is 10.5. The van der Waals surface area contributed by atoms with Gasteiger partial charge in [0.1, 0.15) is 5.01 Å². The highest BCUT2D eigenvalue weighted by Gasteiger charge is 2.30. The highest BCUT2D eigenvalue weighted by molar-refractivity contribution is 7.92. The van der Waals surface area contributed by atoms with Crippen molar-refractivity contribution in [1.29, 1.82) is 0 Å². The maximum Gasteiger partial charge on any atom is 0.154 e. The second-order valence-corrected chi connectivity index (χ2v) is 8.35. The summed E-state index contributed by atoms with van der Waals surface area (Å²) in [7, 11) is -2.85. The average molecular weight is 296 g/mol. The van der Waals surface area contributed by atoms with Crippen molar-refractivity contribution in [3.63, 3.8) is 0 Å². The summed E-state index contributed by atoms with van der Waals surface area (Å²) in [5, 5.41) is 4.03. The summed E-state index contributed by atoms with van der Waals surface area (Å²) in [6.07, 6.45) is 1.59. The van der Waals surface area contributed by atoms with E-state index in [0.29, 0.717) is 18.8 Å². The number of rotatable bonds is 4. The normalized spacial score (nSPS) is 22.0. The standard InChI is InChI=1S/C13H16N2O2S2/c16-19(17)7-3-4-10(19)8-14-9-13-15-11-5-1-2-6-12(11)18-13/h1-2,5-6,10,14H,3-4,7-9H2. The lowest BCUT2D eigenvalue weighted by molar-refractivity contribution is 0.573. The molecule has 2 aromatic rings. The highest BCUT2D eigenvalue weighted by Crippen LogP contribution is 2.22. The van der Waals surface area contributed by atoms with E-state index in [4.69, 9.17) is 0 Å². The number of para-hydroxylation sites is 1. The van der Waals surface area contributed by atoms with Gasteiger partial charge in [0.05, 0.1) is 21.2 Å². The van der Waals surface area contributed by atoms with Crippen LogP contribution >= 0.6 is 11.3 Å². The second-order valence-electron chi connectivity index (χ2n) is 4.84. The van der Waals surface area contributed by atoms with E-state index in [1.165, 1.54) is 4.70 Å². The topological polar surface area (TPSA) is 59.1 Å². The first-order valence-electron chi connectivity index (χ1n) is 6.42. The van der Waals surface area contributed by atoms with Crippen LogP contribution in [-0.4, -0.2) is 30.9 Å². The molecule has 102 valence electrons. The molecule has 0 saturated carbocycles. The van der Waals surface area contributed by atoms with Gasteiger partial charge in [0.25, 0.3) is 0 Å². The van der Waals surface area contributed by atoms with Gasteiger partial charge >= 0.3 is 0 Å². The summed E-state index contributed by atoms with van der Waals surface area (Å²) >= 11 is 1.66. The number of nitrogens with zero attached hydrogens (tertiary/aromatic N) is 1. The molecule has 0 spiro atoms. The first-order valence-corrected chi connectivity index (χ1v) is 8.95. The monoisotopic (exact) mass is 296 g/mol. The van der Waals surface area contributed by atoms with Gasteiger partial charge in [-0.15, -0.1) is 11.3 Å². The van der Waals surface area contributed by atoms with Gasteiger partial charge in [-0.1, -0.05) is 12.1 Å². The number of aromatic nitrogens is 1. The van der Waals surface area contributed by atoms with E-state index < -0.39 is 9.84 Å². The summed E-state index contributed by atoms with van der Waals surface area (Å²) in [6, 6.07) is 8.03. The van der Waals surface area contributed by atoms with Gasteiger partial charge in [-0.25, -0.2) is 13.4 Å². The van der Waals surface area contributed by atoms with Crippen LogP contribution in [-0.2, 0) is 16.4 Å². The van der Waals surface area contributed by atoms with Crippen molar-refractivity contribution in [1.82, 2.24) is 10.3 Å². The van der Waals surface area contributed by atoms with E-state index in [1.54, 1.807) is 11.3 Å². The van der Waals surface area contributed by atoms with Gasteiger partial charge in [0.15, 0.2) is 9.84 Å². The Morgan fingerprint density at radius 1 is 1.37 bits per heavy atom. The van der Waals surface area contributed by atoms with Crippen LogP contribution in [0, 0.1) is 0 Å². The van der Waals surface area contributed by atoms with E-state index in [9.17, 15) is 8.42 Å². The van der Waals surface area contributed by atoms with Crippen molar-refractivity contribution in [3.05, 3.63) is 29.3 Å². The van der Waals surface area contributed by atoms with E-state index in [-0.39, 0.29) is 5.25 Å². The lowest BCUT2D eigenvalue weighted by atomic mass is 10.2. The fourth-order valence-electron chi connectivity index (χ4n) is 2.42. The molecule has 1 aromatic heterocycles. The molecule has 4 nitrogen and oxygen atoms in total. The Labute approximate surface area is 116 Å². The van der Waals surface area contributed by atoms with Gasteiger partial charge < -0.3 is 5.32 Å². The van der Waals surface area contributed by atoms with E-state index >= 15 is 0 Å². The minimum atomic E-state index is -2.85. The summed E-state index contributed by atoms with van der Waals surface area (Å²) in [5.74, 6) is 0.348. The number of benzene rings is 1. The predicted octanol–water partition coefficient (Wildman–Crippen LogP) is 1.96. The molecule has 1 unspecified atom stereocenters. The van der Waals surface area contributed by atoms with Crippen molar-refractivity contribution >= 4 is 31.4 Å². The number of fused-ring (bicyclic) bond motifs is 1. The molecule has 1 aromatic carbocycles. The van der Waals surface area contributed by atoms with Crippen LogP contribution in [0.15, 0.2) is 24.3 Å². The van der Waals surface area contributed by atoms with Gasteiger partial charge in [0, 0.05) is 13.1 Å². The molecule has 19 heavy (non-hydrogen) atoms. The Kier molecular flexibility index (Phi) is 3.56. The average Bonchev–Trinajstić information content (AvgIpc) is 2.92. The zero-order chi connectivity index (χ0) is 13.3. The highest BCUT2D eigenvalue weighted by atomic mass is 32.2. The second kappa shape index (κ2) is 5.19. The van der Waals surface area contributed by atoms with E-state index in [1.807, 2.05) is 18.2 Å². The maximum absolute atomic E-state index is 11.7. The Hall–Kier alpha value is -0.980. The van der Waals surface area contributed by atoms with Crippen molar-refractivity contribution in [2.24, 2.45) is 0 Å². The third-order valence-corrected chi connectivity index (χ3v) is 6.76. The van der Waals surface area contributed by atoms with E-state index in [2.05, 4.69) is 16.4 Å². The molecule has 1 aliphatic heterocycles. The summed E-state index contributed by atoms with van der Waals surface area (Å²) in [4.78, 5) is 4.52. The Morgan fingerprint density at radius 3 is 2.95 bits per heavy atom. The fourth-order valence-corrected chi connectivity index (χ4v) is 5.16. The smallest absolute Gasteiger partial charge is 0.154 e. The molecule has 1 N–H and O–H groups in total. The first-order chi connectivity index (χ1) is 9.15. The molecule has 1 fully saturated rings. The van der Waals surface area contributed by atoms with Crippen molar-refractivity contribution < 1.29 is 8.42 Å². The summed E-state index contributed by atoms with van der Waals surface area (Å²) in [6.45, 7) is 1.18. The SMILES string of the molecule is O=S1(=O)CCCC1CNCc1nc2ccccc2s1. The molecular weight excluding hydrogens is 280 g/mol. The largest absolute Gasteiger partial charge is 0.309 e. The van der Waals surface area contributed by atoms with Crippen LogP contribution in [0.2, 0.25) is 0 Å². The molecule has 1 atom stereocenters. The van der Waals surface area contributed by atoms with Gasteiger partial charge in [0.2, 0.25) is 0 Å². The Morgan fingerprint density at radius 2 is 2.21 bits per heavy atom. The van der Waals surface area contributed by atoms with Crippen LogP contribution in [0.3, 0.4) is 0 Å².